The molecule has 2 aromatic rings. The van der Waals surface area contributed by atoms with Crippen LogP contribution in [0.25, 0.3) is 11.0 Å². The average Bonchev–Trinajstić information content (AvgIpc) is 2.90. The van der Waals surface area contributed by atoms with Crippen LogP contribution < -0.4 is 10.2 Å². The molecular weight excluding hydrogens is 275 g/mol. The van der Waals surface area contributed by atoms with Crippen LogP contribution in [0.15, 0.2) is 18.2 Å². The van der Waals surface area contributed by atoms with E-state index in [4.69, 9.17) is 4.74 Å². The molecule has 1 fully saturated rings. The molecule has 1 aliphatic rings. The van der Waals surface area contributed by atoms with E-state index in [1.165, 1.54) is 12.1 Å². The number of fused-ring (bicyclic) bond motifs is 1. The van der Waals surface area contributed by atoms with Gasteiger partial charge in [-0.3, -0.25) is 0 Å². The number of rotatable bonds is 3. The number of hydrogen-bond donors (Lipinski definition) is 2. The second-order valence-corrected chi connectivity index (χ2v) is 4.89. The normalized spacial score (nSPS) is 19.0. The summed E-state index contributed by atoms with van der Waals surface area (Å²) in [5.74, 6) is -0.0357. The van der Waals surface area contributed by atoms with Crippen LogP contribution in [0.3, 0.4) is 0 Å². The molecule has 1 unspecified atom stereocenters. The van der Waals surface area contributed by atoms with Crippen molar-refractivity contribution in [1.82, 2.24) is 15.3 Å². The summed E-state index contributed by atoms with van der Waals surface area (Å²) < 4.78 is 18.4. The Morgan fingerprint density at radius 1 is 1.57 bits per heavy atom. The summed E-state index contributed by atoms with van der Waals surface area (Å²) in [5, 5.41) is 3.17. The summed E-state index contributed by atoms with van der Waals surface area (Å²) in [4.78, 5) is 21.4. The number of nitrogens with zero attached hydrogens (tertiary/aromatic N) is 2. The molecule has 0 bridgehead atoms. The van der Waals surface area contributed by atoms with Crippen molar-refractivity contribution in [3.63, 3.8) is 0 Å². The molecule has 2 heterocycles. The number of carbonyl (C=O) groups is 1. The Balaban J connectivity index is 1.92. The lowest BCUT2D eigenvalue weighted by atomic mass is 10.2. The lowest BCUT2D eigenvalue weighted by molar-refractivity contribution is -0.144. The Morgan fingerprint density at radius 2 is 2.43 bits per heavy atom. The number of imidazole rings is 1. The maximum atomic E-state index is 13.2. The van der Waals surface area contributed by atoms with E-state index >= 15 is 0 Å². The highest BCUT2D eigenvalue weighted by Gasteiger charge is 2.31. The maximum absolute atomic E-state index is 13.2. The Morgan fingerprint density at radius 3 is 3.24 bits per heavy atom. The smallest absolute Gasteiger partial charge is 0.330 e. The topological polar surface area (TPSA) is 70.2 Å². The van der Waals surface area contributed by atoms with Gasteiger partial charge in [0, 0.05) is 19.6 Å². The molecule has 0 amide bonds. The molecule has 3 rings (SSSR count). The summed E-state index contributed by atoms with van der Waals surface area (Å²) in [6, 6.07) is 3.96. The predicted octanol–water partition coefficient (Wildman–Crippen LogP) is 1.04. The van der Waals surface area contributed by atoms with Crippen LogP contribution in [0.4, 0.5) is 10.3 Å². The fourth-order valence-corrected chi connectivity index (χ4v) is 2.51. The highest BCUT2D eigenvalue weighted by Crippen LogP contribution is 2.21. The third-order valence-corrected chi connectivity index (χ3v) is 3.51. The van der Waals surface area contributed by atoms with Crippen LogP contribution in [0.5, 0.6) is 0 Å². The van der Waals surface area contributed by atoms with E-state index in [1.807, 2.05) is 4.90 Å². The van der Waals surface area contributed by atoms with Crippen molar-refractivity contribution < 1.29 is 13.9 Å². The van der Waals surface area contributed by atoms with Gasteiger partial charge in [-0.15, -0.1) is 0 Å². The lowest BCUT2D eigenvalue weighted by Crippen LogP contribution is -2.56. The van der Waals surface area contributed by atoms with Crippen molar-refractivity contribution >= 4 is 23.0 Å². The molecule has 6 nitrogen and oxygen atoms in total. The van der Waals surface area contributed by atoms with Crippen molar-refractivity contribution in [3.05, 3.63) is 24.0 Å². The van der Waals surface area contributed by atoms with Gasteiger partial charge >= 0.3 is 5.97 Å². The standard InChI is InChI=1S/C14H17FN4O2/c1-2-21-13(20)12-8-16-5-6-19(12)14-17-10-4-3-9(15)7-11(10)18-14/h3-4,7,12,16H,2,5-6,8H2,1H3,(H,17,18). The number of aromatic nitrogens is 2. The van der Waals surface area contributed by atoms with Crippen molar-refractivity contribution in [2.45, 2.75) is 13.0 Å². The Labute approximate surface area is 121 Å². The number of esters is 1. The number of carbonyl (C=O) groups excluding carboxylic acids is 1. The number of H-pyrrole nitrogens is 1. The highest BCUT2D eigenvalue weighted by atomic mass is 19.1. The number of halogens is 1. The molecule has 21 heavy (non-hydrogen) atoms. The molecular formula is C14H17FN4O2. The van der Waals surface area contributed by atoms with E-state index in [0.717, 1.165) is 6.54 Å². The Bertz CT molecular complexity index is 657. The van der Waals surface area contributed by atoms with E-state index in [1.54, 1.807) is 13.0 Å². The van der Waals surface area contributed by atoms with Crippen LogP contribution in [-0.4, -0.2) is 48.2 Å². The third-order valence-electron chi connectivity index (χ3n) is 3.51. The predicted molar refractivity (Wildman–Crippen MR) is 76.7 cm³/mol. The van der Waals surface area contributed by atoms with Gasteiger partial charge in [0.05, 0.1) is 17.6 Å². The largest absolute Gasteiger partial charge is 0.464 e. The average molecular weight is 292 g/mol. The first-order valence-corrected chi connectivity index (χ1v) is 6.98. The van der Waals surface area contributed by atoms with E-state index in [0.29, 0.717) is 36.7 Å². The Hall–Kier alpha value is -2.15. The van der Waals surface area contributed by atoms with Gasteiger partial charge in [0.2, 0.25) is 5.95 Å². The number of piperazine rings is 1. The van der Waals surface area contributed by atoms with Crippen LogP contribution in [0.2, 0.25) is 0 Å². The van der Waals surface area contributed by atoms with Gasteiger partial charge in [-0.05, 0) is 25.1 Å². The maximum Gasteiger partial charge on any atom is 0.330 e. The summed E-state index contributed by atoms with van der Waals surface area (Å²) >= 11 is 0. The van der Waals surface area contributed by atoms with Gasteiger partial charge in [-0.25, -0.2) is 14.2 Å². The van der Waals surface area contributed by atoms with Gasteiger partial charge in [-0.1, -0.05) is 0 Å². The summed E-state index contributed by atoms with van der Waals surface area (Å²) in [6.45, 7) is 4.01. The zero-order valence-electron chi connectivity index (χ0n) is 11.7. The van der Waals surface area contributed by atoms with Gasteiger partial charge in [0.25, 0.3) is 0 Å². The van der Waals surface area contributed by atoms with Gasteiger partial charge in [0.1, 0.15) is 11.9 Å². The summed E-state index contributed by atoms with van der Waals surface area (Å²) in [6.07, 6.45) is 0. The van der Waals surface area contributed by atoms with E-state index in [9.17, 15) is 9.18 Å². The van der Waals surface area contributed by atoms with Gasteiger partial charge in [0.15, 0.2) is 0 Å². The van der Waals surface area contributed by atoms with Gasteiger partial charge in [-0.2, -0.15) is 0 Å². The third kappa shape index (κ3) is 2.69. The minimum atomic E-state index is -0.427. The zero-order chi connectivity index (χ0) is 14.8. The summed E-state index contributed by atoms with van der Waals surface area (Å²) in [5.41, 5.74) is 1.29. The number of aromatic amines is 1. The van der Waals surface area contributed by atoms with Crippen LogP contribution in [0.1, 0.15) is 6.92 Å². The molecule has 2 N–H and O–H groups in total. The number of benzene rings is 1. The fourth-order valence-electron chi connectivity index (χ4n) is 2.51. The molecule has 1 atom stereocenters. The van der Waals surface area contributed by atoms with E-state index in [2.05, 4.69) is 15.3 Å². The zero-order valence-corrected chi connectivity index (χ0v) is 11.7. The number of ether oxygens (including phenoxy) is 1. The molecule has 7 heteroatoms. The van der Waals surface area contributed by atoms with E-state index < -0.39 is 6.04 Å². The van der Waals surface area contributed by atoms with Crippen molar-refractivity contribution in [2.24, 2.45) is 0 Å². The van der Waals surface area contributed by atoms with Crippen molar-refractivity contribution in [1.29, 1.82) is 0 Å². The van der Waals surface area contributed by atoms with Crippen LogP contribution >= 0.6 is 0 Å². The van der Waals surface area contributed by atoms with Gasteiger partial charge < -0.3 is 19.9 Å². The summed E-state index contributed by atoms with van der Waals surface area (Å²) in [7, 11) is 0. The highest BCUT2D eigenvalue weighted by molar-refractivity contribution is 5.82. The first-order valence-electron chi connectivity index (χ1n) is 6.98. The first-order chi connectivity index (χ1) is 10.2. The molecule has 0 radical (unpaired) electrons. The SMILES string of the molecule is CCOC(=O)C1CNCCN1c1nc2ccc(F)cc2[nH]1. The molecule has 0 saturated carbocycles. The molecule has 112 valence electrons. The monoisotopic (exact) mass is 292 g/mol. The van der Waals surface area contributed by atoms with Crippen LogP contribution in [0, 0.1) is 5.82 Å². The number of nitrogens with one attached hydrogen (secondary N) is 2. The van der Waals surface area contributed by atoms with E-state index in [-0.39, 0.29) is 11.8 Å². The van der Waals surface area contributed by atoms with Crippen molar-refractivity contribution in [3.8, 4) is 0 Å². The number of hydrogen-bond acceptors (Lipinski definition) is 5. The quantitative estimate of drug-likeness (QED) is 0.827. The molecule has 1 aliphatic heterocycles. The molecule has 1 saturated heterocycles. The molecule has 0 aliphatic carbocycles. The van der Waals surface area contributed by atoms with Crippen molar-refractivity contribution in [2.75, 3.05) is 31.1 Å². The number of anilines is 1. The second-order valence-electron chi connectivity index (χ2n) is 4.89. The minimum Gasteiger partial charge on any atom is -0.464 e. The molecule has 1 aromatic carbocycles. The minimum absolute atomic E-state index is 0.281. The first kappa shape index (κ1) is 13.8. The van der Waals surface area contributed by atoms with Crippen LogP contribution in [-0.2, 0) is 9.53 Å². The lowest BCUT2D eigenvalue weighted by Gasteiger charge is -2.34. The second kappa shape index (κ2) is 5.69. The molecule has 0 spiro atoms. The molecule has 1 aromatic heterocycles. The fraction of sp³-hybridized carbons (Fsp3) is 0.429. The Kier molecular flexibility index (Phi) is 3.74.